The van der Waals surface area contributed by atoms with Gasteiger partial charge in [-0.15, -0.1) is 0 Å². The molecule has 1 fully saturated rings. The lowest BCUT2D eigenvalue weighted by Gasteiger charge is -2.32. The lowest BCUT2D eigenvalue weighted by atomic mass is 9.98. The Kier molecular flexibility index (Phi) is 5.25. The van der Waals surface area contributed by atoms with E-state index in [1.54, 1.807) is 19.4 Å². The molecule has 2 rings (SSSR count). The smallest absolute Gasteiger partial charge is 0.130 e. The van der Waals surface area contributed by atoms with E-state index in [0.717, 1.165) is 31.8 Å². The van der Waals surface area contributed by atoms with Gasteiger partial charge in [0.1, 0.15) is 5.15 Å². The Morgan fingerprint density at radius 3 is 3.06 bits per heavy atom. The van der Waals surface area contributed by atoms with Gasteiger partial charge in [0, 0.05) is 37.0 Å². The summed E-state index contributed by atoms with van der Waals surface area (Å²) in [6.07, 6.45) is 4.23. The third kappa shape index (κ3) is 3.82. The third-order valence-corrected chi connectivity index (χ3v) is 3.85. The van der Waals surface area contributed by atoms with Gasteiger partial charge in [-0.2, -0.15) is 0 Å². The number of methoxy groups -OCH3 is 1. The van der Waals surface area contributed by atoms with Crippen molar-refractivity contribution in [3.63, 3.8) is 0 Å². The number of aromatic nitrogens is 1. The van der Waals surface area contributed by atoms with E-state index in [2.05, 4.69) is 9.88 Å². The second-order valence-corrected chi connectivity index (χ2v) is 5.59. The number of ether oxygens (including phenoxy) is 1. The molecule has 0 saturated carbocycles. The average Bonchev–Trinajstić information content (AvgIpc) is 2.34. The fourth-order valence-electron chi connectivity index (χ4n) is 2.46. The molecule has 100 valence electrons. The molecule has 0 radical (unpaired) electrons. The summed E-state index contributed by atoms with van der Waals surface area (Å²) in [4.78, 5) is 6.50. The van der Waals surface area contributed by atoms with Crippen molar-refractivity contribution < 1.29 is 4.74 Å². The summed E-state index contributed by atoms with van der Waals surface area (Å²) in [6.45, 7) is 3.85. The molecule has 0 amide bonds. The van der Waals surface area contributed by atoms with Gasteiger partial charge in [-0.3, -0.25) is 4.90 Å². The van der Waals surface area contributed by atoms with Crippen molar-refractivity contribution in [2.75, 3.05) is 26.8 Å². The molecule has 0 N–H and O–H groups in total. The Bertz CT molecular complexity index is 399. The summed E-state index contributed by atoms with van der Waals surface area (Å²) in [6, 6.07) is 1.70. The summed E-state index contributed by atoms with van der Waals surface area (Å²) < 4.78 is 5.24. The number of hydrogen-bond donors (Lipinski definition) is 0. The Morgan fingerprint density at radius 1 is 1.50 bits per heavy atom. The maximum atomic E-state index is 6.17. The number of piperidine rings is 1. The van der Waals surface area contributed by atoms with E-state index in [4.69, 9.17) is 27.9 Å². The molecular weight excluding hydrogens is 271 g/mol. The molecule has 1 aliphatic rings. The number of rotatable bonds is 4. The quantitative estimate of drug-likeness (QED) is 0.796. The van der Waals surface area contributed by atoms with Crippen molar-refractivity contribution in [3.8, 4) is 0 Å². The molecule has 1 saturated heterocycles. The number of nitrogens with zero attached hydrogens (tertiary/aromatic N) is 2. The van der Waals surface area contributed by atoms with Crippen LogP contribution in [0.25, 0.3) is 0 Å². The maximum Gasteiger partial charge on any atom is 0.130 e. The van der Waals surface area contributed by atoms with Gasteiger partial charge in [-0.05, 0) is 31.4 Å². The number of halogens is 2. The average molecular weight is 289 g/mol. The molecule has 2 heterocycles. The second-order valence-electron chi connectivity index (χ2n) is 4.80. The SMILES string of the molecule is COCC1CCCN(Cc2cnc(Cl)cc2Cl)C1. The minimum atomic E-state index is 0.444. The van der Waals surface area contributed by atoms with E-state index in [9.17, 15) is 0 Å². The lowest BCUT2D eigenvalue weighted by molar-refractivity contribution is 0.0873. The van der Waals surface area contributed by atoms with Crippen LogP contribution in [0.4, 0.5) is 0 Å². The first-order valence-corrected chi connectivity index (χ1v) is 6.96. The molecule has 1 atom stereocenters. The molecule has 0 spiro atoms. The molecular formula is C13H18Cl2N2O. The highest BCUT2D eigenvalue weighted by atomic mass is 35.5. The number of likely N-dealkylation sites (tertiary alicyclic amines) is 1. The number of pyridine rings is 1. The molecule has 0 aromatic carbocycles. The van der Waals surface area contributed by atoms with Crippen LogP contribution in [-0.2, 0) is 11.3 Å². The van der Waals surface area contributed by atoms with Crippen molar-refractivity contribution in [2.45, 2.75) is 19.4 Å². The molecule has 1 unspecified atom stereocenters. The van der Waals surface area contributed by atoms with Gasteiger partial charge >= 0.3 is 0 Å². The first kappa shape index (κ1) is 14.1. The van der Waals surface area contributed by atoms with Gasteiger partial charge in [-0.25, -0.2) is 4.98 Å². The zero-order chi connectivity index (χ0) is 13.0. The van der Waals surface area contributed by atoms with Gasteiger partial charge in [0.2, 0.25) is 0 Å². The molecule has 1 aromatic rings. The van der Waals surface area contributed by atoms with Crippen molar-refractivity contribution in [1.29, 1.82) is 0 Å². The fraction of sp³-hybridized carbons (Fsp3) is 0.615. The zero-order valence-corrected chi connectivity index (χ0v) is 12.0. The Labute approximate surface area is 118 Å². The van der Waals surface area contributed by atoms with E-state index < -0.39 is 0 Å². The summed E-state index contributed by atoms with van der Waals surface area (Å²) in [5.41, 5.74) is 1.04. The molecule has 18 heavy (non-hydrogen) atoms. The molecule has 1 aromatic heterocycles. The Hall–Kier alpha value is -0.350. The van der Waals surface area contributed by atoms with Crippen molar-refractivity contribution in [3.05, 3.63) is 28.0 Å². The van der Waals surface area contributed by atoms with Crippen LogP contribution in [0.1, 0.15) is 18.4 Å². The van der Waals surface area contributed by atoms with Crippen molar-refractivity contribution >= 4 is 23.2 Å². The van der Waals surface area contributed by atoms with Crippen LogP contribution in [0, 0.1) is 5.92 Å². The summed E-state index contributed by atoms with van der Waals surface area (Å²) >= 11 is 12.0. The van der Waals surface area contributed by atoms with Crippen LogP contribution in [0.2, 0.25) is 10.2 Å². The van der Waals surface area contributed by atoms with Gasteiger partial charge < -0.3 is 4.74 Å². The summed E-state index contributed by atoms with van der Waals surface area (Å²) in [7, 11) is 1.76. The molecule has 3 nitrogen and oxygen atoms in total. The van der Waals surface area contributed by atoms with Crippen molar-refractivity contribution in [1.82, 2.24) is 9.88 Å². The predicted molar refractivity (Wildman–Crippen MR) is 74.1 cm³/mol. The fourth-order valence-corrected chi connectivity index (χ4v) is 2.89. The first-order valence-electron chi connectivity index (χ1n) is 6.20. The van der Waals surface area contributed by atoms with Gasteiger partial charge in [0.15, 0.2) is 0 Å². The normalized spacial score (nSPS) is 21.2. The van der Waals surface area contributed by atoms with Crippen LogP contribution >= 0.6 is 23.2 Å². The van der Waals surface area contributed by atoms with Crippen LogP contribution in [-0.4, -0.2) is 36.7 Å². The Morgan fingerprint density at radius 2 is 2.33 bits per heavy atom. The topological polar surface area (TPSA) is 25.4 Å². The van der Waals surface area contributed by atoms with Gasteiger partial charge in [-0.1, -0.05) is 23.2 Å². The van der Waals surface area contributed by atoms with Gasteiger partial charge in [0.05, 0.1) is 6.61 Å². The molecule has 0 aliphatic carbocycles. The summed E-state index contributed by atoms with van der Waals surface area (Å²) in [5, 5.41) is 1.14. The van der Waals surface area contributed by atoms with E-state index in [-0.39, 0.29) is 0 Å². The highest BCUT2D eigenvalue weighted by Gasteiger charge is 2.20. The monoisotopic (exact) mass is 288 g/mol. The predicted octanol–water partition coefficient (Wildman–Crippen LogP) is 3.25. The van der Waals surface area contributed by atoms with Crippen LogP contribution in [0.5, 0.6) is 0 Å². The van der Waals surface area contributed by atoms with Crippen LogP contribution in [0.3, 0.4) is 0 Å². The molecule has 0 bridgehead atoms. The minimum Gasteiger partial charge on any atom is -0.384 e. The highest BCUT2D eigenvalue weighted by Crippen LogP contribution is 2.23. The van der Waals surface area contributed by atoms with Crippen LogP contribution in [0.15, 0.2) is 12.3 Å². The van der Waals surface area contributed by atoms with Gasteiger partial charge in [0.25, 0.3) is 0 Å². The highest BCUT2D eigenvalue weighted by molar-refractivity contribution is 6.34. The first-order chi connectivity index (χ1) is 8.69. The third-order valence-electron chi connectivity index (χ3n) is 3.30. The second kappa shape index (κ2) is 6.71. The van der Waals surface area contributed by atoms with Crippen molar-refractivity contribution in [2.24, 2.45) is 5.92 Å². The zero-order valence-electron chi connectivity index (χ0n) is 10.5. The largest absolute Gasteiger partial charge is 0.384 e. The number of hydrogen-bond acceptors (Lipinski definition) is 3. The van der Waals surface area contributed by atoms with E-state index >= 15 is 0 Å². The lowest BCUT2D eigenvalue weighted by Crippen LogP contribution is -2.36. The standard InChI is InChI=1S/C13H18Cl2N2O/c1-18-9-10-3-2-4-17(7-10)8-11-6-16-13(15)5-12(11)14/h5-6,10H,2-4,7-9H2,1H3. The van der Waals surface area contributed by atoms with Crippen LogP contribution < -0.4 is 0 Å². The minimum absolute atomic E-state index is 0.444. The van der Waals surface area contributed by atoms with E-state index in [1.807, 2.05) is 0 Å². The Balaban J connectivity index is 1.96. The maximum absolute atomic E-state index is 6.17. The van der Waals surface area contributed by atoms with E-state index in [1.165, 1.54) is 12.8 Å². The molecule has 5 heteroatoms. The van der Waals surface area contributed by atoms with E-state index in [0.29, 0.717) is 16.1 Å². The molecule has 1 aliphatic heterocycles. The summed E-state index contributed by atoms with van der Waals surface area (Å²) in [5.74, 6) is 0.628.